The van der Waals surface area contributed by atoms with E-state index < -0.39 is 0 Å². The smallest absolute Gasteiger partial charge is 0.00543 e. The third kappa shape index (κ3) is 1.70. The van der Waals surface area contributed by atoms with E-state index >= 15 is 0 Å². The highest BCUT2D eigenvalue weighted by Gasteiger charge is 2.35. The molecule has 1 aromatic carbocycles. The Labute approximate surface area is 133 Å². The molecule has 0 spiro atoms. The van der Waals surface area contributed by atoms with Crippen molar-refractivity contribution in [3.63, 3.8) is 0 Å². The molecule has 0 unspecified atom stereocenters. The highest BCUT2D eigenvalue weighted by atomic mass is 14.4. The minimum atomic E-state index is 0.242. The number of hydrogen-bond donors (Lipinski definition) is 0. The van der Waals surface area contributed by atoms with Crippen molar-refractivity contribution < 1.29 is 0 Å². The monoisotopic (exact) mass is 290 g/mol. The van der Waals surface area contributed by atoms with Crippen molar-refractivity contribution in [2.75, 3.05) is 0 Å². The molecule has 4 rings (SSSR count). The minimum absolute atomic E-state index is 0.242. The molecular weight excluding hydrogens is 264 g/mol. The van der Waals surface area contributed by atoms with E-state index in [9.17, 15) is 0 Å². The van der Waals surface area contributed by atoms with E-state index in [1.165, 1.54) is 34.8 Å². The van der Waals surface area contributed by atoms with Crippen molar-refractivity contribution in [1.29, 1.82) is 0 Å². The lowest BCUT2D eigenvalue weighted by Crippen LogP contribution is -2.33. The highest BCUT2D eigenvalue weighted by molar-refractivity contribution is 5.90. The Hall–Kier alpha value is -1.56. The van der Waals surface area contributed by atoms with E-state index in [-0.39, 0.29) is 10.8 Å². The lowest BCUT2D eigenvalue weighted by molar-refractivity contribution is 0.490. The van der Waals surface area contributed by atoms with E-state index in [0.717, 1.165) is 0 Å². The number of fused-ring (bicyclic) bond motifs is 4. The molecular formula is C22H26. The van der Waals surface area contributed by atoms with Crippen LogP contribution in [0.15, 0.2) is 29.4 Å². The van der Waals surface area contributed by atoms with Gasteiger partial charge in [-0.2, -0.15) is 0 Å². The van der Waals surface area contributed by atoms with Gasteiger partial charge in [0.25, 0.3) is 0 Å². The van der Waals surface area contributed by atoms with Crippen LogP contribution < -0.4 is 10.4 Å². The van der Waals surface area contributed by atoms with Gasteiger partial charge in [0.1, 0.15) is 0 Å². The second kappa shape index (κ2) is 4.04. The molecule has 0 atom stereocenters. The Balaban J connectivity index is 2.07. The van der Waals surface area contributed by atoms with E-state index in [1.54, 1.807) is 21.9 Å². The van der Waals surface area contributed by atoms with Gasteiger partial charge in [0.2, 0.25) is 0 Å². The average Bonchev–Trinajstić information content (AvgIpc) is 2.83. The van der Waals surface area contributed by atoms with Crippen LogP contribution in [0.5, 0.6) is 0 Å². The van der Waals surface area contributed by atoms with Crippen molar-refractivity contribution in [2.45, 2.75) is 59.8 Å². The standard InChI is InChI=1S/C22H26/c1-13-9-15-10-17-16(20(15)22(5,6)11-13)7-8-18-19(17)14(2)12-21(18,3)4/h7-10H,11-12H2,1-6H3. The van der Waals surface area contributed by atoms with Crippen LogP contribution in [0, 0.1) is 5.41 Å². The topological polar surface area (TPSA) is 0 Å². The van der Waals surface area contributed by atoms with Crippen molar-refractivity contribution in [3.8, 4) is 0 Å². The molecule has 0 heteroatoms. The molecule has 0 aromatic heterocycles. The predicted molar refractivity (Wildman–Crippen MR) is 96.0 cm³/mol. The predicted octanol–water partition coefficient (Wildman–Crippen LogP) is 4.46. The van der Waals surface area contributed by atoms with E-state index in [4.69, 9.17) is 0 Å². The van der Waals surface area contributed by atoms with Crippen LogP contribution in [-0.2, 0) is 5.41 Å². The first kappa shape index (κ1) is 14.1. The summed E-state index contributed by atoms with van der Waals surface area (Å²) in [6, 6.07) is 4.79. The fraction of sp³-hybridized carbons (Fsp3) is 0.455. The van der Waals surface area contributed by atoms with Gasteiger partial charge in [0.05, 0.1) is 0 Å². The molecule has 0 saturated heterocycles. The maximum Gasteiger partial charge on any atom is -0.00543 e. The molecule has 0 radical (unpaired) electrons. The molecule has 1 aromatic rings. The Morgan fingerprint density at radius 2 is 1.59 bits per heavy atom. The lowest BCUT2D eigenvalue weighted by Gasteiger charge is -2.32. The highest BCUT2D eigenvalue weighted by Crippen LogP contribution is 2.47. The van der Waals surface area contributed by atoms with E-state index in [1.807, 2.05) is 0 Å². The zero-order valence-electron chi connectivity index (χ0n) is 14.7. The number of allylic oxidation sites excluding steroid dienone is 4. The summed E-state index contributed by atoms with van der Waals surface area (Å²) < 4.78 is 0. The second-order valence-corrected chi connectivity index (χ2v) is 8.82. The first-order chi connectivity index (χ1) is 10.2. The lowest BCUT2D eigenvalue weighted by atomic mass is 9.72. The van der Waals surface area contributed by atoms with Gasteiger partial charge in [-0.3, -0.25) is 0 Å². The van der Waals surface area contributed by atoms with Gasteiger partial charge in [-0.05, 0) is 76.3 Å². The fourth-order valence-electron chi connectivity index (χ4n) is 5.21. The average molecular weight is 290 g/mol. The molecule has 0 amide bonds. The summed E-state index contributed by atoms with van der Waals surface area (Å²) in [5.74, 6) is 0. The molecule has 0 N–H and O–H groups in total. The van der Waals surface area contributed by atoms with Gasteiger partial charge >= 0.3 is 0 Å². The van der Waals surface area contributed by atoms with E-state index in [0.29, 0.717) is 0 Å². The zero-order valence-corrected chi connectivity index (χ0v) is 14.7. The summed E-state index contributed by atoms with van der Waals surface area (Å²) in [7, 11) is 0. The summed E-state index contributed by atoms with van der Waals surface area (Å²) in [5.41, 5.74) is 9.64. The molecule has 0 fully saturated rings. The van der Waals surface area contributed by atoms with Gasteiger partial charge in [-0.25, -0.2) is 0 Å². The SMILES string of the molecule is CC1=CC2=C(c3ccc4c(c3=C2)=C(C)CC4(C)C)C(C)(C)C1. The summed E-state index contributed by atoms with van der Waals surface area (Å²) in [6.07, 6.45) is 7.22. The second-order valence-electron chi connectivity index (χ2n) is 8.82. The van der Waals surface area contributed by atoms with Crippen LogP contribution in [0.2, 0.25) is 0 Å². The van der Waals surface area contributed by atoms with Crippen molar-refractivity contribution in [3.05, 3.63) is 50.9 Å². The Morgan fingerprint density at radius 1 is 0.864 bits per heavy atom. The summed E-state index contributed by atoms with van der Waals surface area (Å²) in [6.45, 7) is 14.2. The van der Waals surface area contributed by atoms with Gasteiger partial charge in [-0.15, -0.1) is 0 Å². The van der Waals surface area contributed by atoms with Gasteiger partial charge in [0, 0.05) is 0 Å². The van der Waals surface area contributed by atoms with E-state index in [2.05, 4.69) is 65.8 Å². The Kier molecular flexibility index (Phi) is 2.58. The molecule has 0 saturated carbocycles. The molecule has 114 valence electrons. The third-order valence-electron chi connectivity index (χ3n) is 5.77. The normalized spacial score (nSPS) is 23.7. The number of benzene rings is 1. The first-order valence-corrected chi connectivity index (χ1v) is 8.48. The Morgan fingerprint density at radius 3 is 2.32 bits per heavy atom. The quantitative estimate of drug-likeness (QED) is 0.661. The number of hydrogen-bond acceptors (Lipinski definition) is 0. The van der Waals surface area contributed by atoms with Crippen LogP contribution in [0.25, 0.3) is 17.2 Å². The van der Waals surface area contributed by atoms with Crippen LogP contribution in [0.4, 0.5) is 0 Å². The van der Waals surface area contributed by atoms with Crippen molar-refractivity contribution in [2.24, 2.45) is 5.41 Å². The minimum Gasteiger partial charge on any atom is -0.0719 e. The molecule has 3 aliphatic carbocycles. The van der Waals surface area contributed by atoms with Crippen LogP contribution in [0.3, 0.4) is 0 Å². The number of rotatable bonds is 0. The van der Waals surface area contributed by atoms with Gasteiger partial charge in [0.15, 0.2) is 0 Å². The van der Waals surface area contributed by atoms with Crippen molar-refractivity contribution >= 4 is 17.2 Å². The largest absolute Gasteiger partial charge is 0.0719 e. The molecule has 0 bridgehead atoms. The maximum atomic E-state index is 2.46. The first-order valence-electron chi connectivity index (χ1n) is 8.48. The fourth-order valence-corrected chi connectivity index (χ4v) is 5.21. The molecule has 3 aliphatic rings. The molecule has 0 nitrogen and oxygen atoms in total. The maximum absolute atomic E-state index is 2.46. The van der Waals surface area contributed by atoms with Crippen molar-refractivity contribution in [1.82, 2.24) is 0 Å². The third-order valence-corrected chi connectivity index (χ3v) is 5.77. The van der Waals surface area contributed by atoms with Gasteiger partial charge < -0.3 is 0 Å². The molecule has 0 heterocycles. The van der Waals surface area contributed by atoms with Crippen LogP contribution in [-0.4, -0.2) is 0 Å². The van der Waals surface area contributed by atoms with Gasteiger partial charge in [-0.1, -0.05) is 57.0 Å². The molecule has 22 heavy (non-hydrogen) atoms. The molecule has 0 aliphatic heterocycles. The Bertz CT molecular complexity index is 883. The van der Waals surface area contributed by atoms with Crippen LogP contribution in [0.1, 0.15) is 65.5 Å². The summed E-state index contributed by atoms with van der Waals surface area (Å²) in [5, 5.41) is 3.03. The summed E-state index contributed by atoms with van der Waals surface area (Å²) >= 11 is 0. The summed E-state index contributed by atoms with van der Waals surface area (Å²) in [4.78, 5) is 0. The zero-order chi connectivity index (χ0) is 15.9. The van der Waals surface area contributed by atoms with Crippen LogP contribution >= 0.6 is 0 Å².